The zero-order chi connectivity index (χ0) is 13.8. The first kappa shape index (κ1) is 13.8. The summed E-state index contributed by atoms with van der Waals surface area (Å²) in [5.74, 6) is 1.19. The van der Waals surface area contributed by atoms with Crippen LogP contribution in [0.3, 0.4) is 0 Å². The minimum atomic E-state index is 0.305. The Labute approximate surface area is 121 Å². The van der Waals surface area contributed by atoms with Crippen LogP contribution < -0.4 is 15.2 Å². The normalized spacial score (nSPS) is 10.3. The molecule has 0 spiro atoms. The highest BCUT2D eigenvalue weighted by atomic mass is 35.5. The lowest BCUT2D eigenvalue weighted by Crippen LogP contribution is -1.99. The maximum atomic E-state index is 6.10. The van der Waals surface area contributed by atoms with E-state index in [1.54, 1.807) is 31.4 Å². The molecule has 19 heavy (non-hydrogen) atoms. The lowest BCUT2D eigenvalue weighted by atomic mass is 10.2. The average molecular weight is 298 g/mol. The molecule has 0 unspecified atom stereocenters. The fourth-order valence-corrected chi connectivity index (χ4v) is 1.99. The van der Waals surface area contributed by atoms with Gasteiger partial charge in [0.2, 0.25) is 0 Å². The summed E-state index contributed by atoms with van der Waals surface area (Å²) in [5, 5.41) is 1.01. The Morgan fingerprint density at radius 3 is 2.63 bits per heavy atom. The van der Waals surface area contributed by atoms with E-state index in [1.165, 1.54) is 0 Å². The number of nitrogen functional groups attached to an aromatic ring is 1. The van der Waals surface area contributed by atoms with E-state index in [-0.39, 0.29) is 0 Å². The average Bonchev–Trinajstić information content (AvgIpc) is 2.41. The molecular weight excluding hydrogens is 285 g/mol. The van der Waals surface area contributed by atoms with Crippen LogP contribution >= 0.6 is 23.2 Å². The van der Waals surface area contributed by atoms with Gasteiger partial charge in [-0.25, -0.2) is 0 Å². The lowest BCUT2D eigenvalue weighted by Gasteiger charge is -2.12. The molecule has 0 aliphatic carbocycles. The smallest absolute Gasteiger partial charge is 0.162 e. The number of rotatable bonds is 4. The number of methoxy groups -OCH3 is 1. The van der Waals surface area contributed by atoms with Crippen LogP contribution in [0.4, 0.5) is 5.69 Å². The highest BCUT2D eigenvalue weighted by Crippen LogP contribution is 2.31. The van der Waals surface area contributed by atoms with E-state index < -0.39 is 0 Å². The van der Waals surface area contributed by atoms with Crippen molar-refractivity contribution in [2.45, 2.75) is 6.61 Å². The maximum absolute atomic E-state index is 6.10. The predicted octanol–water partition coefficient (Wildman–Crippen LogP) is 4.16. The fourth-order valence-electron chi connectivity index (χ4n) is 1.62. The van der Waals surface area contributed by atoms with Crippen molar-refractivity contribution in [3.05, 3.63) is 52.0 Å². The highest BCUT2D eigenvalue weighted by molar-refractivity contribution is 6.42. The van der Waals surface area contributed by atoms with E-state index in [0.717, 1.165) is 5.56 Å². The van der Waals surface area contributed by atoms with Gasteiger partial charge in [0.05, 0.1) is 17.2 Å². The second-order valence-corrected chi connectivity index (χ2v) is 4.70. The van der Waals surface area contributed by atoms with Crippen LogP contribution in [-0.2, 0) is 6.61 Å². The van der Waals surface area contributed by atoms with Crippen LogP contribution in [0.15, 0.2) is 36.4 Å². The molecule has 2 aromatic rings. The summed E-state index contributed by atoms with van der Waals surface area (Å²) in [6, 6.07) is 10.6. The minimum absolute atomic E-state index is 0.305. The third-order valence-electron chi connectivity index (χ3n) is 2.60. The van der Waals surface area contributed by atoms with Gasteiger partial charge in [0.15, 0.2) is 11.5 Å². The third kappa shape index (κ3) is 3.25. The molecule has 0 fully saturated rings. The van der Waals surface area contributed by atoms with Gasteiger partial charge in [0.25, 0.3) is 0 Å². The third-order valence-corrected chi connectivity index (χ3v) is 3.46. The van der Waals surface area contributed by atoms with Crippen LogP contribution in [0.5, 0.6) is 11.5 Å². The lowest BCUT2D eigenvalue weighted by molar-refractivity contribution is 0.284. The predicted molar refractivity (Wildman–Crippen MR) is 78.2 cm³/mol. The van der Waals surface area contributed by atoms with Crippen LogP contribution in [0.2, 0.25) is 10.0 Å². The second-order valence-electron chi connectivity index (χ2n) is 3.91. The molecule has 0 atom stereocenters. The molecule has 0 bridgehead atoms. The number of hydrogen-bond acceptors (Lipinski definition) is 3. The quantitative estimate of drug-likeness (QED) is 0.862. The van der Waals surface area contributed by atoms with Gasteiger partial charge < -0.3 is 15.2 Å². The van der Waals surface area contributed by atoms with Crippen LogP contribution in [0, 0.1) is 0 Å². The molecule has 2 rings (SSSR count). The Morgan fingerprint density at radius 2 is 1.89 bits per heavy atom. The first-order valence-electron chi connectivity index (χ1n) is 5.61. The van der Waals surface area contributed by atoms with Gasteiger partial charge in [0, 0.05) is 17.3 Å². The topological polar surface area (TPSA) is 44.5 Å². The van der Waals surface area contributed by atoms with Crippen LogP contribution in [-0.4, -0.2) is 7.11 Å². The van der Waals surface area contributed by atoms with Crippen molar-refractivity contribution in [3.8, 4) is 11.5 Å². The first-order valence-corrected chi connectivity index (χ1v) is 6.36. The van der Waals surface area contributed by atoms with Crippen molar-refractivity contribution in [2.24, 2.45) is 0 Å². The largest absolute Gasteiger partial charge is 0.493 e. The summed E-state index contributed by atoms with van der Waals surface area (Å²) in [6.07, 6.45) is 0. The zero-order valence-corrected chi connectivity index (χ0v) is 11.8. The molecule has 0 amide bonds. The Kier molecular flexibility index (Phi) is 4.40. The number of halogens is 2. The number of nitrogens with two attached hydrogens (primary N) is 1. The first-order chi connectivity index (χ1) is 9.11. The summed E-state index contributed by atoms with van der Waals surface area (Å²) >= 11 is 12.0. The van der Waals surface area contributed by atoms with E-state index in [1.807, 2.05) is 12.1 Å². The van der Waals surface area contributed by atoms with Crippen molar-refractivity contribution in [2.75, 3.05) is 12.8 Å². The SMILES string of the molecule is COc1cc(N)ccc1OCc1cccc(Cl)c1Cl. The van der Waals surface area contributed by atoms with Crippen molar-refractivity contribution >= 4 is 28.9 Å². The molecule has 3 nitrogen and oxygen atoms in total. The Bertz CT molecular complexity index is 588. The molecule has 0 aliphatic rings. The maximum Gasteiger partial charge on any atom is 0.162 e. The number of ether oxygens (including phenoxy) is 2. The van der Waals surface area contributed by atoms with Gasteiger partial charge in [-0.05, 0) is 18.2 Å². The second kappa shape index (κ2) is 6.04. The molecule has 0 heterocycles. The fraction of sp³-hybridized carbons (Fsp3) is 0.143. The minimum Gasteiger partial charge on any atom is -0.493 e. The highest BCUT2D eigenvalue weighted by Gasteiger charge is 2.08. The molecule has 0 saturated heterocycles. The molecule has 5 heteroatoms. The molecule has 0 aromatic heterocycles. The van der Waals surface area contributed by atoms with Crippen molar-refractivity contribution in [1.82, 2.24) is 0 Å². The van der Waals surface area contributed by atoms with Gasteiger partial charge in [-0.2, -0.15) is 0 Å². The van der Waals surface area contributed by atoms with E-state index in [9.17, 15) is 0 Å². The summed E-state index contributed by atoms with van der Waals surface area (Å²) in [4.78, 5) is 0. The summed E-state index contributed by atoms with van der Waals surface area (Å²) in [5.41, 5.74) is 7.11. The van der Waals surface area contributed by atoms with Crippen molar-refractivity contribution in [1.29, 1.82) is 0 Å². The van der Waals surface area contributed by atoms with E-state index in [4.69, 9.17) is 38.4 Å². The van der Waals surface area contributed by atoms with Gasteiger partial charge in [-0.1, -0.05) is 35.3 Å². The number of benzene rings is 2. The Balaban J connectivity index is 2.17. The molecule has 2 aromatic carbocycles. The standard InChI is InChI=1S/C14H13Cl2NO2/c1-18-13-7-10(17)5-6-12(13)19-8-9-3-2-4-11(15)14(9)16/h2-7H,8,17H2,1H3. The van der Waals surface area contributed by atoms with E-state index in [0.29, 0.717) is 33.8 Å². The molecule has 100 valence electrons. The molecule has 2 N–H and O–H groups in total. The van der Waals surface area contributed by atoms with E-state index >= 15 is 0 Å². The molecular formula is C14H13Cl2NO2. The van der Waals surface area contributed by atoms with Gasteiger partial charge in [-0.15, -0.1) is 0 Å². The summed E-state index contributed by atoms with van der Waals surface area (Å²) in [7, 11) is 1.56. The van der Waals surface area contributed by atoms with Crippen molar-refractivity contribution < 1.29 is 9.47 Å². The molecule has 0 aliphatic heterocycles. The van der Waals surface area contributed by atoms with Crippen molar-refractivity contribution in [3.63, 3.8) is 0 Å². The molecule has 0 saturated carbocycles. The van der Waals surface area contributed by atoms with Crippen LogP contribution in [0.1, 0.15) is 5.56 Å². The summed E-state index contributed by atoms with van der Waals surface area (Å²) in [6.45, 7) is 0.305. The monoisotopic (exact) mass is 297 g/mol. The van der Waals surface area contributed by atoms with Gasteiger partial charge in [0.1, 0.15) is 6.61 Å². The van der Waals surface area contributed by atoms with E-state index in [2.05, 4.69) is 0 Å². The van der Waals surface area contributed by atoms with Gasteiger partial charge in [-0.3, -0.25) is 0 Å². The Morgan fingerprint density at radius 1 is 1.11 bits per heavy atom. The van der Waals surface area contributed by atoms with Crippen LogP contribution in [0.25, 0.3) is 0 Å². The zero-order valence-electron chi connectivity index (χ0n) is 10.3. The molecule has 0 radical (unpaired) electrons. The Hall–Kier alpha value is -1.58. The van der Waals surface area contributed by atoms with Gasteiger partial charge >= 0.3 is 0 Å². The number of anilines is 1. The number of hydrogen-bond donors (Lipinski definition) is 1. The summed E-state index contributed by atoms with van der Waals surface area (Å²) < 4.78 is 10.9.